The summed E-state index contributed by atoms with van der Waals surface area (Å²) in [6.45, 7) is 1.80. The van der Waals surface area contributed by atoms with Gasteiger partial charge in [-0.3, -0.25) is 9.59 Å². The van der Waals surface area contributed by atoms with Gasteiger partial charge in [-0.25, -0.2) is 0 Å². The number of hydrogen-bond acceptors (Lipinski definition) is 5. The highest BCUT2D eigenvalue weighted by molar-refractivity contribution is 5.98. The Morgan fingerprint density at radius 2 is 1.81 bits per heavy atom. The zero-order valence-electron chi connectivity index (χ0n) is 17.1. The maximum Gasteiger partial charge on any atom is 0.251 e. The number of nitrogens with zero attached hydrogens (tertiary/aromatic N) is 3. The van der Waals surface area contributed by atoms with E-state index in [2.05, 4.69) is 11.4 Å². The summed E-state index contributed by atoms with van der Waals surface area (Å²) in [5.74, 6) is -0.991. The van der Waals surface area contributed by atoms with E-state index in [0.717, 1.165) is 18.5 Å². The van der Waals surface area contributed by atoms with Crippen molar-refractivity contribution in [1.82, 2.24) is 4.57 Å². The number of amides is 2. The normalized spacial score (nSPS) is 18.5. The van der Waals surface area contributed by atoms with Crippen LogP contribution in [0.15, 0.2) is 24.3 Å². The van der Waals surface area contributed by atoms with E-state index in [1.807, 2.05) is 10.6 Å². The number of rotatable bonds is 4. The summed E-state index contributed by atoms with van der Waals surface area (Å²) >= 11 is 0. The molecule has 1 unspecified atom stereocenters. The van der Waals surface area contributed by atoms with Crippen LogP contribution in [0.4, 0.5) is 5.69 Å². The summed E-state index contributed by atoms with van der Waals surface area (Å²) in [5, 5.41) is 21.6. The maximum atomic E-state index is 12.9. The van der Waals surface area contributed by atoms with Crippen molar-refractivity contribution in [2.75, 3.05) is 18.5 Å². The zero-order valence-corrected chi connectivity index (χ0v) is 17.1. The predicted octanol–water partition coefficient (Wildman–Crippen LogP) is 2.43. The highest BCUT2D eigenvalue weighted by atomic mass is 16.5. The minimum atomic E-state index is -0.633. The van der Waals surface area contributed by atoms with Gasteiger partial charge in [-0.05, 0) is 43.5 Å². The van der Waals surface area contributed by atoms with Crippen molar-refractivity contribution < 1.29 is 14.3 Å². The minimum Gasteiger partial charge on any atom is -0.381 e. The first-order valence-corrected chi connectivity index (χ1v) is 10.4. The molecule has 0 aliphatic carbocycles. The van der Waals surface area contributed by atoms with E-state index in [1.54, 1.807) is 24.3 Å². The molecule has 0 spiro atoms. The highest BCUT2D eigenvalue weighted by Gasteiger charge is 2.36. The molecule has 3 heterocycles. The second-order valence-corrected chi connectivity index (χ2v) is 7.96. The Balaban J connectivity index is 1.62. The third kappa shape index (κ3) is 3.90. The van der Waals surface area contributed by atoms with Gasteiger partial charge in [0.15, 0.2) is 0 Å². The van der Waals surface area contributed by atoms with Crippen LogP contribution < -0.4 is 11.1 Å². The van der Waals surface area contributed by atoms with E-state index in [0.29, 0.717) is 55.1 Å². The number of primary amides is 1. The number of nitriles is 2. The Bertz CT molecular complexity index is 1100. The number of benzene rings is 1. The van der Waals surface area contributed by atoms with Gasteiger partial charge in [0.2, 0.25) is 5.91 Å². The van der Waals surface area contributed by atoms with Crippen molar-refractivity contribution in [2.24, 2.45) is 11.7 Å². The first-order chi connectivity index (χ1) is 15.0. The molecule has 0 saturated carbocycles. The topological polar surface area (TPSA) is 134 Å². The fraction of sp³-hybridized carbons (Fsp3) is 0.391. The molecule has 2 amide bonds. The van der Waals surface area contributed by atoms with Crippen molar-refractivity contribution in [3.05, 3.63) is 52.3 Å². The van der Waals surface area contributed by atoms with Crippen LogP contribution in [0.1, 0.15) is 58.1 Å². The standard InChI is InChI=1S/C23H23N5O3/c24-12-14-1-3-17(4-2-14)27-23(30)16-5-8-28-19(11-16)20(22(26)29)18(13-25)21(28)15-6-9-31-10-7-15/h1-4,15-16H,5-11H2,(H2,26,29)(H,27,30). The molecule has 1 fully saturated rings. The van der Waals surface area contributed by atoms with Gasteiger partial charge in [0.25, 0.3) is 5.91 Å². The van der Waals surface area contributed by atoms with Gasteiger partial charge >= 0.3 is 0 Å². The number of hydrogen-bond donors (Lipinski definition) is 2. The molecule has 0 bridgehead atoms. The summed E-state index contributed by atoms with van der Waals surface area (Å²) < 4.78 is 7.50. The van der Waals surface area contributed by atoms with Crippen LogP contribution in [-0.2, 0) is 22.5 Å². The molecule has 4 rings (SSSR count). The average Bonchev–Trinajstić information content (AvgIpc) is 3.14. The molecule has 2 aliphatic rings. The third-order valence-corrected chi connectivity index (χ3v) is 6.17. The maximum absolute atomic E-state index is 12.9. The molecule has 1 atom stereocenters. The molecule has 3 N–H and O–H groups in total. The molecule has 158 valence electrons. The summed E-state index contributed by atoms with van der Waals surface area (Å²) in [6, 6.07) is 10.9. The van der Waals surface area contributed by atoms with Crippen molar-refractivity contribution in [3.63, 3.8) is 0 Å². The van der Waals surface area contributed by atoms with Crippen LogP contribution in [0.5, 0.6) is 0 Å². The molecule has 8 heteroatoms. The Morgan fingerprint density at radius 1 is 1.10 bits per heavy atom. The lowest BCUT2D eigenvalue weighted by molar-refractivity contribution is -0.120. The van der Waals surface area contributed by atoms with Crippen LogP contribution in [0.25, 0.3) is 0 Å². The molecule has 31 heavy (non-hydrogen) atoms. The van der Waals surface area contributed by atoms with Crippen molar-refractivity contribution in [2.45, 2.75) is 38.1 Å². The first-order valence-electron chi connectivity index (χ1n) is 10.4. The van der Waals surface area contributed by atoms with Crippen LogP contribution >= 0.6 is 0 Å². The number of carbonyl (C=O) groups is 2. The Hall–Kier alpha value is -3.62. The van der Waals surface area contributed by atoms with Gasteiger partial charge in [-0.1, -0.05) is 0 Å². The number of nitrogens with one attached hydrogen (secondary N) is 1. The highest BCUT2D eigenvalue weighted by Crippen LogP contribution is 2.38. The van der Waals surface area contributed by atoms with Gasteiger partial charge in [-0.15, -0.1) is 0 Å². The summed E-state index contributed by atoms with van der Waals surface area (Å²) in [7, 11) is 0. The van der Waals surface area contributed by atoms with Crippen molar-refractivity contribution in [3.8, 4) is 12.1 Å². The second kappa shape index (κ2) is 8.63. The number of anilines is 1. The smallest absolute Gasteiger partial charge is 0.251 e. The van der Waals surface area contributed by atoms with Crippen LogP contribution in [0.2, 0.25) is 0 Å². The van der Waals surface area contributed by atoms with Crippen LogP contribution in [0.3, 0.4) is 0 Å². The lowest BCUT2D eigenvalue weighted by atomic mass is 9.92. The van der Waals surface area contributed by atoms with Crippen molar-refractivity contribution in [1.29, 1.82) is 10.5 Å². The quantitative estimate of drug-likeness (QED) is 0.788. The Labute approximate surface area is 180 Å². The Morgan fingerprint density at radius 3 is 2.42 bits per heavy atom. The van der Waals surface area contributed by atoms with Gasteiger partial charge in [0.05, 0.1) is 22.8 Å². The fourth-order valence-electron chi connectivity index (χ4n) is 4.65. The van der Waals surface area contributed by atoms with Gasteiger partial charge < -0.3 is 20.4 Å². The van der Waals surface area contributed by atoms with Gasteiger partial charge in [-0.2, -0.15) is 10.5 Å². The average molecular weight is 417 g/mol. The van der Waals surface area contributed by atoms with Crippen molar-refractivity contribution >= 4 is 17.5 Å². The molecule has 1 aromatic carbocycles. The minimum absolute atomic E-state index is 0.138. The van der Waals surface area contributed by atoms with E-state index in [9.17, 15) is 14.9 Å². The molecule has 1 aromatic heterocycles. The van der Waals surface area contributed by atoms with Gasteiger partial charge in [0.1, 0.15) is 6.07 Å². The summed E-state index contributed by atoms with van der Waals surface area (Å²) in [5.41, 5.74) is 8.94. The largest absolute Gasteiger partial charge is 0.381 e. The molecule has 2 aromatic rings. The Kier molecular flexibility index (Phi) is 5.75. The molecule has 2 aliphatic heterocycles. The molecule has 1 saturated heterocycles. The SMILES string of the molecule is N#Cc1ccc(NC(=O)C2CCn3c(c(C(N)=O)c(C#N)c3C3CCOCC3)C2)cc1. The molecule has 0 radical (unpaired) electrons. The number of aromatic nitrogens is 1. The van der Waals surface area contributed by atoms with Crippen LogP contribution in [0, 0.1) is 28.6 Å². The van der Waals surface area contributed by atoms with Crippen LogP contribution in [-0.4, -0.2) is 29.6 Å². The number of carbonyl (C=O) groups excluding carboxylic acids is 2. The number of fused-ring (bicyclic) bond motifs is 1. The lowest BCUT2D eigenvalue weighted by Gasteiger charge is -2.29. The summed E-state index contributed by atoms with van der Waals surface area (Å²) in [4.78, 5) is 25.2. The van der Waals surface area contributed by atoms with E-state index in [1.165, 1.54) is 0 Å². The second-order valence-electron chi connectivity index (χ2n) is 7.96. The number of ether oxygens (including phenoxy) is 1. The fourth-order valence-corrected chi connectivity index (χ4v) is 4.65. The third-order valence-electron chi connectivity index (χ3n) is 6.17. The van der Waals surface area contributed by atoms with E-state index < -0.39 is 5.91 Å². The molecule has 8 nitrogen and oxygen atoms in total. The number of nitrogens with two attached hydrogens (primary N) is 1. The lowest BCUT2D eigenvalue weighted by Crippen LogP contribution is -2.32. The predicted molar refractivity (Wildman–Crippen MR) is 112 cm³/mol. The molecular formula is C23H23N5O3. The van der Waals surface area contributed by atoms with E-state index >= 15 is 0 Å². The van der Waals surface area contributed by atoms with E-state index in [-0.39, 0.29) is 23.3 Å². The molecular weight excluding hydrogens is 394 g/mol. The monoisotopic (exact) mass is 417 g/mol. The summed E-state index contributed by atoms with van der Waals surface area (Å²) in [6.07, 6.45) is 2.53. The first kappa shape index (κ1) is 20.6. The van der Waals surface area contributed by atoms with Gasteiger partial charge in [0, 0.05) is 55.1 Å². The van der Waals surface area contributed by atoms with E-state index in [4.69, 9.17) is 15.7 Å². The zero-order chi connectivity index (χ0) is 22.0.